The van der Waals surface area contributed by atoms with Crippen LogP contribution in [0.25, 0.3) is 0 Å². The van der Waals surface area contributed by atoms with Crippen LogP contribution < -0.4 is 11.1 Å². The van der Waals surface area contributed by atoms with Crippen LogP contribution in [0.3, 0.4) is 0 Å². The first-order chi connectivity index (χ1) is 6.61. The Morgan fingerprint density at radius 2 is 2.21 bits per heavy atom. The molecule has 76 valence electrons. The molecule has 1 aromatic heterocycles. The summed E-state index contributed by atoms with van der Waals surface area (Å²) in [4.78, 5) is 8.09. The third-order valence-electron chi connectivity index (χ3n) is 2.91. The minimum Gasteiger partial charge on any atom is -0.383 e. The summed E-state index contributed by atoms with van der Waals surface area (Å²) in [6.07, 6.45) is 4.11. The Labute approximate surface area is 83.9 Å². The molecule has 1 aliphatic rings. The first-order valence-corrected chi connectivity index (χ1v) is 4.92. The second-order valence-corrected chi connectivity index (χ2v) is 4.40. The number of anilines is 2. The molecule has 0 radical (unpaired) electrons. The topological polar surface area (TPSA) is 63.8 Å². The van der Waals surface area contributed by atoms with Gasteiger partial charge < -0.3 is 11.1 Å². The summed E-state index contributed by atoms with van der Waals surface area (Å²) in [6, 6.07) is 0. The molecule has 1 saturated carbocycles. The molecule has 0 amide bonds. The Hall–Kier alpha value is -1.32. The second kappa shape index (κ2) is 3.12. The van der Waals surface area contributed by atoms with Gasteiger partial charge in [0.05, 0.1) is 0 Å². The van der Waals surface area contributed by atoms with Gasteiger partial charge in [-0.25, -0.2) is 9.97 Å². The fraction of sp³-hybridized carbons (Fsp3) is 0.600. The molecule has 14 heavy (non-hydrogen) atoms. The van der Waals surface area contributed by atoms with E-state index in [0.717, 1.165) is 17.9 Å². The van der Waals surface area contributed by atoms with Crippen molar-refractivity contribution in [2.45, 2.75) is 26.7 Å². The average molecular weight is 192 g/mol. The molecule has 1 heterocycles. The van der Waals surface area contributed by atoms with Gasteiger partial charge in [0, 0.05) is 12.1 Å². The first kappa shape index (κ1) is 9.24. The van der Waals surface area contributed by atoms with Gasteiger partial charge in [-0.15, -0.1) is 0 Å². The Bertz CT molecular complexity index is 344. The van der Waals surface area contributed by atoms with Crippen molar-refractivity contribution in [1.82, 2.24) is 9.97 Å². The van der Waals surface area contributed by atoms with Gasteiger partial charge in [0.25, 0.3) is 0 Å². The molecular weight excluding hydrogens is 176 g/mol. The van der Waals surface area contributed by atoms with E-state index in [4.69, 9.17) is 5.73 Å². The Balaban J connectivity index is 2.05. The lowest BCUT2D eigenvalue weighted by Crippen LogP contribution is -2.14. The molecule has 2 rings (SSSR count). The van der Waals surface area contributed by atoms with E-state index in [1.807, 2.05) is 6.92 Å². The SMILES string of the molecule is Cc1c(N)ncnc1NCC1(C)CC1. The standard InChI is InChI=1S/C10H16N4/c1-7-8(11)13-6-14-9(7)12-5-10(2)3-4-10/h6H,3-5H2,1-2H3,(H3,11,12,13,14). The van der Waals surface area contributed by atoms with Crippen LogP contribution in [0, 0.1) is 12.3 Å². The van der Waals surface area contributed by atoms with Gasteiger partial charge in [-0.05, 0) is 25.2 Å². The highest BCUT2D eigenvalue weighted by atomic mass is 15.0. The van der Waals surface area contributed by atoms with Gasteiger partial charge in [0.15, 0.2) is 0 Å². The normalized spacial score (nSPS) is 17.9. The zero-order chi connectivity index (χ0) is 10.2. The van der Waals surface area contributed by atoms with Crippen molar-refractivity contribution < 1.29 is 0 Å². The van der Waals surface area contributed by atoms with Crippen molar-refractivity contribution in [2.75, 3.05) is 17.6 Å². The summed E-state index contributed by atoms with van der Waals surface area (Å²) in [6.45, 7) is 5.19. The fourth-order valence-corrected chi connectivity index (χ4v) is 1.33. The monoisotopic (exact) mass is 192 g/mol. The minimum absolute atomic E-state index is 0.478. The van der Waals surface area contributed by atoms with Crippen molar-refractivity contribution >= 4 is 11.6 Å². The molecule has 0 unspecified atom stereocenters. The molecule has 0 aromatic carbocycles. The summed E-state index contributed by atoms with van der Waals surface area (Å²) in [7, 11) is 0. The van der Waals surface area contributed by atoms with Crippen LogP contribution in [0.5, 0.6) is 0 Å². The van der Waals surface area contributed by atoms with Crippen LogP contribution >= 0.6 is 0 Å². The third kappa shape index (κ3) is 1.78. The molecule has 0 saturated heterocycles. The summed E-state index contributed by atoms with van der Waals surface area (Å²) in [5.41, 5.74) is 7.10. The van der Waals surface area contributed by atoms with E-state index in [1.54, 1.807) is 0 Å². The maximum absolute atomic E-state index is 5.68. The number of hydrogen-bond acceptors (Lipinski definition) is 4. The van der Waals surface area contributed by atoms with E-state index in [0.29, 0.717) is 11.2 Å². The maximum atomic E-state index is 5.68. The molecule has 0 atom stereocenters. The lowest BCUT2D eigenvalue weighted by Gasteiger charge is -2.12. The molecule has 0 bridgehead atoms. The van der Waals surface area contributed by atoms with Crippen molar-refractivity contribution in [1.29, 1.82) is 0 Å². The lowest BCUT2D eigenvalue weighted by molar-refractivity contribution is 0.609. The third-order valence-corrected chi connectivity index (χ3v) is 2.91. The van der Waals surface area contributed by atoms with Crippen LogP contribution in [0.4, 0.5) is 11.6 Å². The van der Waals surface area contributed by atoms with Crippen LogP contribution in [0.2, 0.25) is 0 Å². The average Bonchev–Trinajstić information content (AvgIpc) is 2.88. The van der Waals surface area contributed by atoms with E-state index >= 15 is 0 Å². The minimum atomic E-state index is 0.478. The number of nitrogens with one attached hydrogen (secondary N) is 1. The smallest absolute Gasteiger partial charge is 0.134 e. The highest BCUT2D eigenvalue weighted by Crippen LogP contribution is 2.44. The number of rotatable bonds is 3. The Morgan fingerprint density at radius 3 is 2.86 bits per heavy atom. The highest BCUT2D eigenvalue weighted by Gasteiger charge is 2.36. The van der Waals surface area contributed by atoms with Gasteiger partial charge in [-0.2, -0.15) is 0 Å². The van der Waals surface area contributed by atoms with Crippen LogP contribution in [0.1, 0.15) is 25.3 Å². The summed E-state index contributed by atoms with van der Waals surface area (Å²) >= 11 is 0. The zero-order valence-corrected chi connectivity index (χ0v) is 8.67. The van der Waals surface area contributed by atoms with Gasteiger partial charge >= 0.3 is 0 Å². The highest BCUT2D eigenvalue weighted by molar-refractivity contribution is 5.53. The van der Waals surface area contributed by atoms with E-state index in [1.165, 1.54) is 19.2 Å². The van der Waals surface area contributed by atoms with Crippen molar-refractivity contribution in [3.05, 3.63) is 11.9 Å². The molecule has 1 aromatic rings. The van der Waals surface area contributed by atoms with Crippen molar-refractivity contribution in [3.8, 4) is 0 Å². The van der Waals surface area contributed by atoms with E-state index in [-0.39, 0.29) is 0 Å². The Morgan fingerprint density at radius 1 is 1.50 bits per heavy atom. The van der Waals surface area contributed by atoms with E-state index in [9.17, 15) is 0 Å². The largest absolute Gasteiger partial charge is 0.383 e. The summed E-state index contributed by atoms with van der Waals surface area (Å²) in [5, 5.41) is 3.33. The molecular formula is C10H16N4. The molecule has 4 nitrogen and oxygen atoms in total. The quantitative estimate of drug-likeness (QED) is 0.763. The van der Waals surface area contributed by atoms with E-state index < -0.39 is 0 Å². The van der Waals surface area contributed by atoms with Gasteiger partial charge in [-0.3, -0.25) is 0 Å². The van der Waals surface area contributed by atoms with Crippen LogP contribution in [-0.2, 0) is 0 Å². The number of nitrogens with two attached hydrogens (primary N) is 1. The lowest BCUT2D eigenvalue weighted by atomic mass is 10.1. The van der Waals surface area contributed by atoms with Crippen molar-refractivity contribution in [2.24, 2.45) is 5.41 Å². The summed E-state index contributed by atoms with van der Waals surface area (Å²) in [5.74, 6) is 1.43. The van der Waals surface area contributed by atoms with Crippen LogP contribution in [-0.4, -0.2) is 16.5 Å². The molecule has 0 spiro atoms. The predicted molar refractivity (Wildman–Crippen MR) is 57.0 cm³/mol. The maximum Gasteiger partial charge on any atom is 0.134 e. The number of nitrogens with zero attached hydrogens (tertiary/aromatic N) is 2. The second-order valence-electron chi connectivity index (χ2n) is 4.40. The molecule has 3 N–H and O–H groups in total. The van der Waals surface area contributed by atoms with Gasteiger partial charge in [-0.1, -0.05) is 6.92 Å². The fourth-order valence-electron chi connectivity index (χ4n) is 1.33. The zero-order valence-electron chi connectivity index (χ0n) is 8.67. The first-order valence-electron chi connectivity index (χ1n) is 4.92. The molecule has 4 heteroatoms. The molecule has 1 aliphatic carbocycles. The molecule has 1 fully saturated rings. The number of aromatic nitrogens is 2. The summed E-state index contributed by atoms with van der Waals surface area (Å²) < 4.78 is 0. The van der Waals surface area contributed by atoms with Crippen molar-refractivity contribution in [3.63, 3.8) is 0 Å². The predicted octanol–water partition coefficient (Wildman–Crippen LogP) is 1.58. The number of nitrogen functional groups attached to an aromatic ring is 1. The Kier molecular flexibility index (Phi) is 2.06. The van der Waals surface area contributed by atoms with Crippen LogP contribution in [0.15, 0.2) is 6.33 Å². The van der Waals surface area contributed by atoms with Gasteiger partial charge in [0.1, 0.15) is 18.0 Å². The van der Waals surface area contributed by atoms with E-state index in [2.05, 4.69) is 22.2 Å². The van der Waals surface area contributed by atoms with Gasteiger partial charge in [0.2, 0.25) is 0 Å². The number of hydrogen-bond donors (Lipinski definition) is 2. The molecule has 0 aliphatic heterocycles.